The van der Waals surface area contributed by atoms with Gasteiger partial charge in [0.2, 0.25) is 65.0 Å². The van der Waals surface area contributed by atoms with Gasteiger partial charge in [0.15, 0.2) is 6.04 Å². The third-order valence-electron chi connectivity index (χ3n) is 12.9. The van der Waals surface area contributed by atoms with Crippen molar-refractivity contribution in [1.29, 1.82) is 0 Å². The molecule has 2 aromatic carbocycles. The van der Waals surface area contributed by atoms with Crippen LogP contribution in [0.5, 0.6) is 5.75 Å². The van der Waals surface area contributed by atoms with Crippen LogP contribution in [0.3, 0.4) is 0 Å². The fourth-order valence-corrected chi connectivity index (χ4v) is 8.86. The number of nitrogens with one attached hydrogen (secondary N) is 8. The number of carbonyl (C=O) groups excluding carboxylic acids is 11. The normalized spacial score (nSPS) is 15.3. The van der Waals surface area contributed by atoms with Gasteiger partial charge in [0.25, 0.3) is 0 Å². The second-order valence-electron chi connectivity index (χ2n) is 19.6. The number of nitrogens with two attached hydrogens (primary N) is 2. The van der Waals surface area contributed by atoms with Crippen LogP contribution >= 0.6 is 24.2 Å². The van der Waals surface area contributed by atoms with Crippen molar-refractivity contribution in [3.05, 3.63) is 103 Å². The predicted octanol–water partition coefficient (Wildman–Crippen LogP) is -3.52. The van der Waals surface area contributed by atoms with Crippen molar-refractivity contribution in [1.82, 2.24) is 52.5 Å². The SMILES string of the molecule is C=CCOCC(NC(=O)C(CC(N)=O)NC(=O)C(CC(=O)O)NC(=O)C(Cc1ccc(O)cc1)NC(=O)CNC(=O)C(CCC(=O)O)NC(=O)C(Cc1ccccc1)NC(=O)C(COCC=C)N(O)C(=C)Cl)C(=O)N1CCCC1C(=O)NC(CS)C(N)=O. The van der Waals surface area contributed by atoms with Crippen LogP contribution in [-0.4, -0.2) is 207 Å². The molecule has 3 rings (SSSR count). The van der Waals surface area contributed by atoms with Crippen molar-refractivity contribution in [2.75, 3.05) is 45.3 Å². The molecule has 31 nitrogen and oxygen atoms in total. The Hall–Kier alpha value is -9.11. The maximum absolute atomic E-state index is 14.2. The summed E-state index contributed by atoms with van der Waals surface area (Å²) in [4.78, 5) is 174. The van der Waals surface area contributed by atoms with Gasteiger partial charge in [0.1, 0.15) is 59.2 Å². The molecule has 0 aromatic heterocycles. The van der Waals surface area contributed by atoms with Gasteiger partial charge in [-0.15, -0.1) is 13.2 Å². The van der Waals surface area contributed by atoms with Crippen molar-refractivity contribution in [3.8, 4) is 5.75 Å². The van der Waals surface area contributed by atoms with Crippen LogP contribution in [0.1, 0.15) is 49.7 Å². The number of halogens is 1. The van der Waals surface area contributed by atoms with Crippen LogP contribution in [0.2, 0.25) is 0 Å². The molecule has 0 bridgehead atoms. The molecule has 480 valence electrons. The Morgan fingerprint density at radius 1 is 0.670 bits per heavy atom. The third-order valence-corrected chi connectivity index (χ3v) is 13.4. The van der Waals surface area contributed by atoms with Gasteiger partial charge in [-0.3, -0.25) is 67.5 Å². The number of carbonyl (C=O) groups is 13. The molecule has 88 heavy (non-hydrogen) atoms. The minimum absolute atomic E-state index is 0.00164. The van der Waals surface area contributed by atoms with E-state index in [1.807, 2.05) is 0 Å². The fraction of sp³-hybridized carbons (Fsp3) is 0.436. The number of aromatic hydroxyl groups is 1. The minimum atomic E-state index is -2.10. The highest BCUT2D eigenvalue weighted by Crippen LogP contribution is 2.20. The van der Waals surface area contributed by atoms with Gasteiger partial charge < -0.3 is 83.7 Å². The number of ether oxygens (including phenoxy) is 2. The smallest absolute Gasteiger partial charge is 0.305 e. The first kappa shape index (κ1) is 73.1. The van der Waals surface area contributed by atoms with Gasteiger partial charge in [-0.05, 0) is 42.5 Å². The molecule has 2 aromatic rings. The van der Waals surface area contributed by atoms with Crippen LogP contribution in [-0.2, 0) is 84.6 Å². The van der Waals surface area contributed by atoms with Crippen LogP contribution in [0.15, 0.2) is 91.6 Å². The number of hydroxylamine groups is 2. The number of benzene rings is 2. The first-order valence-electron chi connectivity index (χ1n) is 27.0. The average Bonchev–Trinajstić information content (AvgIpc) is 4.16. The molecule has 1 aliphatic heterocycles. The fourth-order valence-electron chi connectivity index (χ4n) is 8.47. The lowest BCUT2D eigenvalue weighted by Crippen LogP contribution is -2.61. The molecule has 0 radical (unpaired) electrons. The number of phenolic OH excluding ortho intramolecular Hbond substituents is 1. The van der Waals surface area contributed by atoms with Gasteiger partial charge in [-0.1, -0.05) is 72.8 Å². The zero-order valence-corrected chi connectivity index (χ0v) is 49.2. The average molecular weight is 1270 g/mol. The number of amides is 11. The topological polar surface area (TPSA) is 476 Å². The second kappa shape index (κ2) is 37.4. The van der Waals surface area contributed by atoms with Crippen LogP contribution < -0.4 is 54.0 Å². The highest BCUT2D eigenvalue weighted by Gasteiger charge is 2.41. The Labute approximate surface area is 515 Å². The second-order valence-corrected chi connectivity index (χ2v) is 20.4. The lowest BCUT2D eigenvalue weighted by molar-refractivity contribution is -0.150. The van der Waals surface area contributed by atoms with Crippen molar-refractivity contribution >= 4 is 101 Å². The summed E-state index contributed by atoms with van der Waals surface area (Å²) in [5.74, 6) is -15.3. The van der Waals surface area contributed by atoms with Crippen molar-refractivity contribution in [2.45, 2.75) is 106 Å². The van der Waals surface area contributed by atoms with E-state index in [1.165, 1.54) is 36.4 Å². The third kappa shape index (κ3) is 25.1. The number of thiol groups is 1. The first-order valence-corrected chi connectivity index (χ1v) is 28.0. The maximum atomic E-state index is 14.2. The Balaban J connectivity index is 1.89. The highest BCUT2D eigenvalue weighted by molar-refractivity contribution is 7.80. The van der Waals surface area contributed by atoms with E-state index in [0.717, 1.165) is 4.90 Å². The number of hydrogen-bond donors (Lipinski definition) is 15. The summed E-state index contributed by atoms with van der Waals surface area (Å²) in [6.07, 6.45) is -0.975. The summed E-state index contributed by atoms with van der Waals surface area (Å²) in [6, 6.07) is -1.27. The molecule has 16 N–H and O–H groups in total. The number of hydrogen-bond acceptors (Lipinski definition) is 19. The number of likely N-dealkylation sites (tertiary alicyclic amines) is 1. The number of carboxylic acids is 2. The summed E-state index contributed by atoms with van der Waals surface area (Å²) in [6.45, 7) is 8.23. The van der Waals surface area contributed by atoms with Crippen LogP contribution in [0.4, 0.5) is 0 Å². The van der Waals surface area contributed by atoms with E-state index in [-0.39, 0.29) is 49.7 Å². The monoisotopic (exact) mass is 1270 g/mol. The van der Waals surface area contributed by atoms with E-state index < -0.39 is 188 Å². The van der Waals surface area contributed by atoms with Gasteiger partial charge in [0.05, 0.1) is 45.8 Å². The molecule has 9 atom stereocenters. The number of primary amides is 2. The number of phenols is 1. The zero-order chi connectivity index (χ0) is 65.6. The highest BCUT2D eigenvalue weighted by atomic mass is 35.5. The zero-order valence-electron chi connectivity index (χ0n) is 47.6. The Bertz CT molecular complexity index is 2850. The van der Waals surface area contributed by atoms with Crippen LogP contribution in [0.25, 0.3) is 0 Å². The Kier molecular flexibility index (Phi) is 31.1. The molecule has 0 spiro atoms. The molecular formula is C55H73ClN12O19S. The quantitative estimate of drug-likeness (QED) is 0.0101. The standard InChI is InChI=1S/C55H73ClN12O19S/c1-4-20-86-27-39(55(84)67-19-9-12-41(67)53(82)66-40(29-88)47(58)76)65-51(80)37(24-43(57)70)62-52(81)38(25-46(74)75)63-49(78)35(23-32-13-15-33(69)16-14-32)60-44(71)26-59-48(77)34(17-18-45(72)73)61-50(79)36(22-31-10-7-6-8-11-31)64-54(83)42(28-87-21-5-2)68(85)30(3)56/h4-8,10-11,13-16,34-42,69,85,88H,1-3,9,12,17-29H2,(H2,57,70)(H2,58,76)(H,59,77)(H,60,71)(H,61,79)(H,62,81)(H,63,78)(H,64,83)(H,65,80)(H,66,82)(H,72,73)(H,74,75). The number of rotatable bonds is 40. The largest absolute Gasteiger partial charge is 0.508 e. The summed E-state index contributed by atoms with van der Waals surface area (Å²) < 4.78 is 10.8. The summed E-state index contributed by atoms with van der Waals surface area (Å²) in [5.41, 5.74) is 11.5. The van der Waals surface area contributed by atoms with E-state index in [0.29, 0.717) is 17.0 Å². The van der Waals surface area contributed by atoms with Gasteiger partial charge in [-0.2, -0.15) is 12.6 Å². The summed E-state index contributed by atoms with van der Waals surface area (Å²) in [7, 11) is 0. The van der Waals surface area contributed by atoms with E-state index >= 15 is 0 Å². The molecule has 0 aliphatic carbocycles. The molecule has 9 unspecified atom stereocenters. The minimum Gasteiger partial charge on any atom is -0.508 e. The van der Waals surface area contributed by atoms with Crippen LogP contribution in [0, 0.1) is 0 Å². The molecule has 0 saturated carbocycles. The van der Waals surface area contributed by atoms with Crippen molar-refractivity contribution in [2.24, 2.45) is 11.5 Å². The van der Waals surface area contributed by atoms with Crippen molar-refractivity contribution < 1.29 is 92.3 Å². The number of nitrogens with zero attached hydrogens (tertiary/aromatic N) is 2. The number of carboxylic acid groups (broad SMARTS) is 2. The summed E-state index contributed by atoms with van der Waals surface area (Å²) >= 11 is 9.89. The summed E-state index contributed by atoms with van der Waals surface area (Å²) in [5, 5.41) is 58.4. The predicted molar refractivity (Wildman–Crippen MR) is 314 cm³/mol. The van der Waals surface area contributed by atoms with E-state index in [1.54, 1.807) is 30.3 Å². The lowest BCUT2D eigenvalue weighted by atomic mass is 10.0. The molecule has 1 heterocycles. The molecule has 11 amide bonds. The van der Waals surface area contributed by atoms with Gasteiger partial charge in [-0.25, -0.2) is 5.06 Å². The molecule has 33 heteroatoms. The first-order chi connectivity index (χ1) is 41.7. The molecule has 1 fully saturated rings. The van der Waals surface area contributed by atoms with Gasteiger partial charge in [0, 0.05) is 31.6 Å². The Morgan fingerprint density at radius 2 is 1.19 bits per heavy atom. The molecular weight excluding hydrogens is 1200 g/mol. The van der Waals surface area contributed by atoms with E-state index in [9.17, 15) is 82.9 Å². The molecule has 1 saturated heterocycles. The molecule has 1 aliphatic rings. The van der Waals surface area contributed by atoms with E-state index in [2.05, 4.69) is 74.9 Å². The number of aliphatic carboxylic acids is 2. The Morgan fingerprint density at radius 3 is 1.73 bits per heavy atom. The van der Waals surface area contributed by atoms with E-state index in [4.69, 9.17) is 32.5 Å². The lowest BCUT2D eigenvalue weighted by Gasteiger charge is -2.30. The van der Waals surface area contributed by atoms with Gasteiger partial charge >= 0.3 is 11.9 Å². The van der Waals surface area contributed by atoms with Crippen molar-refractivity contribution in [3.63, 3.8) is 0 Å². The maximum Gasteiger partial charge on any atom is 0.305 e.